The Labute approximate surface area is 122 Å². The molecule has 110 valence electrons. The molecule has 7 heteroatoms. The van der Waals surface area contributed by atoms with Gasteiger partial charge in [0, 0.05) is 25.0 Å². The van der Waals surface area contributed by atoms with E-state index < -0.39 is 0 Å². The van der Waals surface area contributed by atoms with Crippen LogP contribution in [0.25, 0.3) is 0 Å². The Balaban J connectivity index is 1.69. The van der Waals surface area contributed by atoms with Gasteiger partial charge in [0.2, 0.25) is 5.91 Å². The molecule has 2 heterocycles. The highest BCUT2D eigenvalue weighted by Gasteiger charge is 2.14. The maximum absolute atomic E-state index is 12.0. The summed E-state index contributed by atoms with van der Waals surface area (Å²) in [6.07, 6.45) is 3.60. The van der Waals surface area contributed by atoms with Gasteiger partial charge in [-0.3, -0.25) is 4.79 Å². The zero-order valence-electron chi connectivity index (χ0n) is 11.9. The van der Waals surface area contributed by atoms with Crippen LogP contribution in [-0.2, 0) is 17.8 Å². The Bertz CT molecular complexity index is 665. The van der Waals surface area contributed by atoms with Crippen molar-refractivity contribution in [3.8, 4) is 0 Å². The fourth-order valence-electron chi connectivity index (χ4n) is 2.58. The molecule has 0 bridgehead atoms. The molecule has 0 unspecified atom stereocenters. The van der Waals surface area contributed by atoms with Crippen LogP contribution in [0.15, 0.2) is 24.4 Å². The Morgan fingerprint density at radius 1 is 1.48 bits per heavy atom. The van der Waals surface area contributed by atoms with E-state index in [1.54, 1.807) is 0 Å². The molecule has 1 aromatic heterocycles. The first-order chi connectivity index (χ1) is 10.1. The molecule has 1 aliphatic rings. The number of aryl methyl sites for hydroxylation is 1. The lowest BCUT2D eigenvalue weighted by Gasteiger charge is -2.27. The van der Waals surface area contributed by atoms with Crippen molar-refractivity contribution in [3.05, 3.63) is 30.0 Å². The number of nitrogens with two attached hydrogens (primary N) is 1. The van der Waals surface area contributed by atoms with E-state index >= 15 is 0 Å². The lowest BCUT2D eigenvalue weighted by molar-refractivity contribution is -0.117. The van der Waals surface area contributed by atoms with Crippen molar-refractivity contribution in [3.63, 3.8) is 0 Å². The number of aromatic nitrogens is 3. The zero-order valence-corrected chi connectivity index (χ0v) is 11.9. The molecule has 21 heavy (non-hydrogen) atoms. The maximum Gasteiger partial charge on any atom is 0.247 e. The second kappa shape index (κ2) is 5.43. The first kappa shape index (κ1) is 13.4. The second-order valence-corrected chi connectivity index (χ2v) is 5.22. The third kappa shape index (κ3) is 2.96. The number of carbonyl (C=O) groups is 1. The lowest BCUT2D eigenvalue weighted by Crippen LogP contribution is -2.25. The summed E-state index contributed by atoms with van der Waals surface area (Å²) in [6.45, 7) is 1.12. The number of amides is 1. The fraction of sp³-hybridized carbons (Fsp3) is 0.357. The number of hydrogen-bond donors (Lipinski definition) is 2. The van der Waals surface area contributed by atoms with Gasteiger partial charge in [0.1, 0.15) is 6.54 Å². The van der Waals surface area contributed by atoms with E-state index in [2.05, 4.69) is 27.5 Å². The molecule has 1 amide bonds. The van der Waals surface area contributed by atoms with Crippen LogP contribution in [0.2, 0.25) is 0 Å². The van der Waals surface area contributed by atoms with E-state index in [1.807, 2.05) is 18.2 Å². The highest BCUT2D eigenvalue weighted by atomic mass is 16.2. The summed E-state index contributed by atoms with van der Waals surface area (Å²) >= 11 is 0. The summed E-state index contributed by atoms with van der Waals surface area (Å²) < 4.78 is 0. The third-order valence-corrected chi connectivity index (χ3v) is 3.55. The molecule has 3 rings (SSSR count). The van der Waals surface area contributed by atoms with Crippen LogP contribution in [0.3, 0.4) is 0 Å². The van der Waals surface area contributed by atoms with Crippen LogP contribution >= 0.6 is 0 Å². The van der Waals surface area contributed by atoms with Gasteiger partial charge in [0.15, 0.2) is 5.82 Å². The standard InChI is InChI=1S/C14H18N6O/c1-19-6-2-3-10-7-11(4-5-12(10)19)17-14(21)9-20-16-8-13(15)18-20/h4-5,7-8H,2-3,6,9H2,1H3,(H2,15,18)(H,17,21). The molecule has 0 spiro atoms. The Kier molecular flexibility index (Phi) is 3.47. The largest absolute Gasteiger partial charge is 0.381 e. The topological polar surface area (TPSA) is 89.1 Å². The van der Waals surface area contributed by atoms with Crippen LogP contribution in [0.4, 0.5) is 17.2 Å². The minimum atomic E-state index is -0.172. The van der Waals surface area contributed by atoms with Gasteiger partial charge < -0.3 is 16.0 Å². The monoisotopic (exact) mass is 286 g/mol. The molecule has 0 aliphatic carbocycles. The van der Waals surface area contributed by atoms with Crippen LogP contribution in [0.1, 0.15) is 12.0 Å². The summed E-state index contributed by atoms with van der Waals surface area (Å²) in [5.41, 5.74) is 8.77. The van der Waals surface area contributed by atoms with Crippen molar-refractivity contribution < 1.29 is 4.79 Å². The molecule has 0 atom stereocenters. The van der Waals surface area contributed by atoms with E-state index in [4.69, 9.17) is 5.73 Å². The van der Waals surface area contributed by atoms with E-state index in [9.17, 15) is 4.79 Å². The van der Waals surface area contributed by atoms with Gasteiger partial charge in [0.05, 0.1) is 6.20 Å². The normalized spacial score (nSPS) is 13.9. The molecule has 0 saturated heterocycles. The van der Waals surface area contributed by atoms with Crippen molar-refractivity contribution in [1.82, 2.24) is 15.0 Å². The van der Waals surface area contributed by atoms with Gasteiger partial charge in [-0.05, 0) is 36.6 Å². The minimum absolute atomic E-state index is 0.0498. The summed E-state index contributed by atoms with van der Waals surface area (Å²) in [6, 6.07) is 6.01. The number of carbonyl (C=O) groups excluding carboxylic acids is 1. The second-order valence-electron chi connectivity index (χ2n) is 5.22. The number of nitrogens with one attached hydrogen (secondary N) is 1. The van der Waals surface area contributed by atoms with Crippen molar-refractivity contribution in [1.29, 1.82) is 0 Å². The molecule has 0 saturated carbocycles. The molecule has 0 radical (unpaired) electrons. The number of benzene rings is 1. The number of nitrogen functional groups attached to an aromatic ring is 1. The third-order valence-electron chi connectivity index (χ3n) is 3.55. The molecule has 2 aromatic rings. The average molecular weight is 286 g/mol. The van der Waals surface area contributed by atoms with Crippen LogP contribution in [0.5, 0.6) is 0 Å². The summed E-state index contributed by atoms with van der Waals surface area (Å²) in [5.74, 6) is 0.134. The summed E-state index contributed by atoms with van der Waals surface area (Å²) in [5, 5.41) is 10.6. The van der Waals surface area contributed by atoms with Crippen molar-refractivity contribution in [2.24, 2.45) is 0 Å². The summed E-state index contributed by atoms with van der Waals surface area (Å²) in [4.78, 5) is 15.5. The quantitative estimate of drug-likeness (QED) is 0.874. The van der Waals surface area contributed by atoms with Gasteiger partial charge in [-0.1, -0.05) is 0 Å². The van der Waals surface area contributed by atoms with Crippen LogP contribution in [0, 0.1) is 0 Å². The number of hydrogen-bond acceptors (Lipinski definition) is 5. The molecule has 7 nitrogen and oxygen atoms in total. The molecule has 1 aromatic carbocycles. The zero-order chi connectivity index (χ0) is 14.8. The molecule has 0 fully saturated rings. The first-order valence-electron chi connectivity index (χ1n) is 6.91. The van der Waals surface area contributed by atoms with E-state index in [-0.39, 0.29) is 12.5 Å². The lowest BCUT2D eigenvalue weighted by atomic mass is 10.0. The number of nitrogens with zero attached hydrogens (tertiary/aromatic N) is 4. The van der Waals surface area contributed by atoms with Crippen molar-refractivity contribution >= 4 is 23.1 Å². The van der Waals surface area contributed by atoms with Gasteiger partial charge >= 0.3 is 0 Å². The number of fused-ring (bicyclic) bond motifs is 1. The van der Waals surface area contributed by atoms with Crippen LogP contribution in [-0.4, -0.2) is 34.5 Å². The number of rotatable bonds is 3. The van der Waals surface area contributed by atoms with Crippen LogP contribution < -0.4 is 16.0 Å². The van der Waals surface area contributed by atoms with E-state index in [0.29, 0.717) is 5.82 Å². The maximum atomic E-state index is 12.0. The van der Waals surface area contributed by atoms with Gasteiger partial charge in [0.25, 0.3) is 0 Å². The smallest absolute Gasteiger partial charge is 0.247 e. The fourth-order valence-corrected chi connectivity index (χ4v) is 2.58. The van der Waals surface area contributed by atoms with Gasteiger partial charge in [-0.25, -0.2) is 0 Å². The van der Waals surface area contributed by atoms with Gasteiger partial charge in [-0.2, -0.15) is 9.90 Å². The molecule has 3 N–H and O–H groups in total. The predicted octanol–water partition coefficient (Wildman–Crippen LogP) is 0.881. The molecular weight excluding hydrogens is 268 g/mol. The average Bonchev–Trinajstić information content (AvgIpc) is 2.84. The molecule has 1 aliphatic heterocycles. The highest BCUT2D eigenvalue weighted by molar-refractivity contribution is 5.90. The van der Waals surface area contributed by atoms with E-state index in [1.165, 1.54) is 22.2 Å². The Morgan fingerprint density at radius 3 is 3.10 bits per heavy atom. The van der Waals surface area contributed by atoms with Crippen molar-refractivity contribution in [2.45, 2.75) is 19.4 Å². The minimum Gasteiger partial charge on any atom is -0.381 e. The van der Waals surface area contributed by atoms with Gasteiger partial charge in [-0.15, -0.1) is 5.10 Å². The van der Waals surface area contributed by atoms with Crippen molar-refractivity contribution in [2.75, 3.05) is 29.5 Å². The summed E-state index contributed by atoms with van der Waals surface area (Å²) in [7, 11) is 2.09. The first-order valence-corrected chi connectivity index (χ1v) is 6.91. The van der Waals surface area contributed by atoms with E-state index in [0.717, 1.165) is 25.1 Å². The Hall–Kier alpha value is -2.57. The molecular formula is C14H18N6O. The number of anilines is 3. The predicted molar refractivity (Wildman–Crippen MR) is 81.1 cm³/mol. The SMILES string of the molecule is CN1CCCc2cc(NC(=O)Cn3ncc(N)n3)ccc21. The Morgan fingerprint density at radius 2 is 2.33 bits per heavy atom. The highest BCUT2D eigenvalue weighted by Crippen LogP contribution is 2.28.